The summed E-state index contributed by atoms with van der Waals surface area (Å²) in [5, 5.41) is 3.32. The second kappa shape index (κ2) is 4.94. The van der Waals surface area contributed by atoms with Gasteiger partial charge in [0.25, 0.3) is 0 Å². The number of hydrogen-bond acceptors (Lipinski definition) is 3. The summed E-state index contributed by atoms with van der Waals surface area (Å²) in [7, 11) is 0. The highest BCUT2D eigenvalue weighted by Crippen LogP contribution is 2.22. The maximum atomic E-state index is 12.3. The highest BCUT2D eigenvalue weighted by Gasteiger charge is 2.34. The minimum atomic E-state index is 0.116. The monoisotopic (exact) mass is 237 g/mol. The maximum absolute atomic E-state index is 12.3. The van der Waals surface area contributed by atoms with Gasteiger partial charge in [-0.15, -0.1) is 0 Å². The van der Waals surface area contributed by atoms with Gasteiger partial charge in [-0.1, -0.05) is 6.42 Å². The van der Waals surface area contributed by atoms with Crippen LogP contribution < -0.4 is 5.32 Å². The number of amides is 1. The Kier molecular flexibility index (Phi) is 3.34. The van der Waals surface area contributed by atoms with E-state index >= 15 is 0 Å². The molecule has 3 rings (SSSR count). The lowest BCUT2D eigenvalue weighted by Crippen LogP contribution is -2.58. The molecule has 0 radical (unpaired) electrons. The molecule has 17 heavy (non-hydrogen) atoms. The van der Waals surface area contributed by atoms with Crippen LogP contribution in [0.4, 0.5) is 0 Å². The number of piperidine rings is 1. The minimum absolute atomic E-state index is 0.116. The van der Waals surface area contributed by atoms with Crippen molar-refractivity contribution in [2.24, 2.45) is 0 Å². The molecule has 0 bridgehead atoms. The summed E-state index contributed by atoms with van der Waals surface area (Å²) in [6, 6.07) is 0.757. The van der Waals surface area contributed by atoms with Crippen molar-refractivity contribution in [3.05, 3.63) is 0 Å². The van der Waals surface area contributed by atoms with E-state index in [9.17, 15) is 4.79 Å². The Morgan fingerprint density at radius 3 is 2.82 bits per heavy atom. The molecule has 0 saturated carbocycles. The van der Waals surface area contributed by atoms with Gasteiger partial charge < -0.3 is 10.2 Å². The molecule has 96 valence electrons. The van der Waals surface area contributed by atoms with Crippen LogP contribution >= 0.6 is 0 Å². The van der Waals surface area contributed by atoms with Gasteiger partial charge in [0.15, 0.2) is 0 Å². The molecule has 0 aromatic carbocycles. The molecule has 1 unspecified atom stereocenters. The normalized spacial score (nSPS) is 34.7. The number of piperazine rings is 1. The number of rotatable bonds is 1. The summed E-state index contributed by atoms with van der Waals surface area (Å²) in [6.07, 6.45) is 6.14. The second-order valence-corrected chi connectivity index (χ2v) is 5.62. The molecular formula is C13H23N3O. The number of nitrogens with zero attached hydrogens (tertiary/aromatic N) is 2. The zero-order valence-electron chi connectivity index (χ0n) is 10.5. The quantitative estimate of drug-likeness (QED) is 0.718. The van der Waals surface area contributed by atoms with Crippen LogP contribution in [0.25, 0.3) is 0 Å². The molecule has 4 heteroatoms. The molecule has 0 aromatic heterocycles. The van der Waals surface area contributed by atoms with Gasteiger partial charge in [0.05, 0.1) is 6.04 Å². The van der Waals surface area contributed by atoms with Crippen LogP contribution in [-0.4, -0.2) is 60.5 Å². The summed E-state index contributed by atoms with van der Waals surface area (Å²) in [4.78, 5) is 17.0. The standard InChI is InChI=1S/C13H23N3O/c17-13(12-5-3-6-14-12)16-9-8-15-7-2-1-4-11(15)10-16/h11-12,14H,1-10H2/t11?,12-/m1/s1. The topological polar surface area (TPSA) is 35.6 Å². The van der Waals surface area contributed by atoms with Gasteiger partial charge >= 0.3 is 0 Å². The highest BCUT2D eigenvalue weighted by atomic mass is 16.2. The average Bonchev–Trinajstić information content (AvgIpc) is 2.91. The third kappa shape index (κ3) is 2.33. The van der Waals surface area contributed by atoms with E-state index in [0.717, 1.165) is 39.0 Å². The third-order valence-corrected chi connectivity index (χ3v) is 4.51. The molecule has 3 aliphatic heterocycles. The van der Waals surface area contributed by atoms with Crippen LogP contribution in [0.2, 0.25) is 0 Å². The van der Waals surface area contributed by atoms with Crippen LogP contribution in [-0.2, 0) is 4.79 Å². The molecule has 3 saturated heterocycles. The van der Waals surface area contributed by atoms with Crippen molar-refractivity contribution in [2.45, 2.75) is 44.2 Å². The van der Waals surface area contributed by atoms with E-state index in [4.69, 9.17) is 0 Å². The van der Waals surface area contributed by atoms with E-state index in [2.05, 4.69) is 15.1 Å². The Labute approximate surface area is 103 Å². The number of hydrogen-bond donors (Lipinski definition) is 1. The number of nitrogens with one attached hydrogen (secondary N) is 1. The Hall–Kier alpha value is -0.610. The van der Waals surface area contributed by atoms with Crippen molar-refractivity contribution in [1.82, 2.24) is 15.1 Å². The van der Waals surface area contributed by atoms with Crippen LogP contribution in [0.1, 0.15) is 32.1 Å². The molecule has 3 fully saturated rings. The molecule has 3 heterocycles. The number of carbonyl (C=O) groups excluding carboxylic acids is 1. The van der Waals surface area contributed by atoms with Gasteiger partial charge in [-0.2, -0.15) is 0 Å². The molecule has 1 amide bonds. The second-order valence-electron chi connectivity index (χ2n) is 5.62. The van der Waals surface area contributed by atoms with Crippen molar-refractivity contribution in [1.29, 1.82) is 0 Å². The van der Waals surface area contributed by atoms with Crippen molar-refractivity contribution in [2.75, 3.05) is 32.7 Å². The zero-order valence-corrected chi connectivity index (χ0v) is 10.5. The lowest BCUT2D eigenvalue weighted by molar-refractivity contribution is -0.136. The van der Waals surface area contributed by atoms with E-state index in [1.54, 1.807) is 0 Å². The number of carbonyl (C=O) groups is 1. The van der Waals surface area contributed by atoms with Crippen molar-refractivity contribution >= 4 is 5.91 Å². The van der Waals surface area contributed by atoms with E-state index in [1.807, 2.05) is 0 Å². The van der Waals surface area contributed by atoms with E-state index in [-0.39, 0.29) is 6.04 Å². The zero-order chi connectivity index (χ0) is 11.7. The van der Waals surface area contributed by atoms with Gasteiger partial charge in [-0.25, -0.2) is 0 Å². The Morgan fingerprint density at radius 1 is 1.06 bits per heavy atom. The third-order valence-electron chi connectivity index (χ3n) is 4.51. The minimum Gasteiger partial charge on any atom is -0.338 e. The molecule has 0 spiro atoms. The Bertz CT molecular complexity index is 288. The lowest BCUT2D eigenvalue weighted by Gasteiger charge is -2.44. The summed E-state index contributed by atoms with van der Waals surface area (Å²) in [5.41, 5.74) is 0. The maximum Gasteiger partial charge on any atom is 0.239 e. The van der Waals surface area contributed by atoms with Gasteiger partial charge in [-0.05, 0) is 38.8 Å². The predicted molar refractivity (Wildman–Crippen MR) is 66.8 cm³/mol. The fourth-order valence-corrected chi connectivity index (χ4v) is 3.47. The summed E-state index contributed by atoms with van der Waals surface area (Å²) < 4.78 is 0. The predicted octanol–water partition coefficient (Wildman–Crippen LogP) is 0.435. The Balaban J connectivity index is 1.59. The lowest BCUT2D eigenvalue weighted by atomic mass is 9.99. The fourth-order valence-electron chi connectivity index (χ4n) is 3.47. The van der Waals surface area contributed by atoms with Gasteiger partial charge in [0.2, 0.25) is 5.91 Å². The van der Waals surface area contributed by atoms with Crippen LogP contribution in [0, 0.1) is 0 Å². The van der Waals surface area contributed by atoms with Gasteiger partial charge in [-0.3, -0.25) is 9.69 Å². The van der Waals surface area contributed by atoms with E-state index in [1.165, 1.54) is 25.8 Å². The van der Waals surface area contributed by atoms with E-state index < -0.39 is 0 Å². The first-order valence-corrected chi connectivity index (χ1v) is 7.11. The molecular weight excluding hydrogens is 214 g/mol. The first-order valence-electron chi connectivity index (χ1n) is 7.11. The van der Waals surface area contributed by atoms with Crippen molar-refractivity contribution in [3.8, 4) is 0 Å². The first kappa shape index (κ1) is 11.5. The van der Waals surface area contributed by atoms with Gasteiger partial charge in [0, 0.05) is 25.7 Å². The smallest absolute Gasteiger partial charge is 0.239 e. The largest absolute Gasteiger partial charge is 0.338 e. The molecule has 1 N–H and O–H groups in total. The highest BCUT2D eigenvalue weighted by molar-refractivity contribution is 5.82. The fraction of sp³-hybridized carbons (Fsp3) is 0.923. The van der Waals surface area contributed by atoms with Gasteiger partial charge in [0.1, 0.15) is 0 Å². The molecule has 2 atom stereocenters. The molecule has 3 aliphatic rings. The summed E-state index contributed by atoms with van der Waals surface area (Å²) >= 11 is 0. The van der Waals surface area contributed by atoms with Crippen LogP contribution in [0.15, 0.2) is 0 Å². The average molecular weight is 237 g/mol. The molecule has 4 nitrogen and oxygen atoms in total. The van der Waals surface area contributed by atoms with E-state index in [0.29, 0.717) is 11.9 Å². The summed E-state index contributed by atoms with van der Waals surface area (Å²) in [6.45, 7) is 5.25. The number of fused-ring (bicyclic) bond motifs is 1. The summed E-state index contributed by atoms with van der Waals surface area (Å²) in [5.74, 6) is 0.354. The first-order chi connectivity index (χ1) is 8.34. The SMILES string of the molecule is O=C([C@H]1CCCN1)N1CCN2CCCCC2C1. The van der Waals surface area contributed by atoms with Crippen LogP contribution in [0.5, 0.6) is 0 Å². The van der Waals surface area contributed by atoms with Crippen LogP contribution in [0.3, 0.4) is 0 Å². The van der Waals surface area contributed by atoms with Crippen molar-refractivity contribution < 1.29 is 4.79 Å². The molecule has 0 aliphatic carbocycles. The Morgan fingerprint density at radius 2 is 2.00 bits per heavy atom. The van der Waals surface area contributed by atoms with Crippen molar-refractivity contribution in [3.63, 3.8) is 0 Å². The molecule has 0 aromatic rings.